The number of rotatable bonds is 6. The maximum Gasteiger partial charge on any atom is 0.260 e. The second kappa shape index (κ2) is 7.78. The predicted molar refractivity (Wildman–Crippen MR) is 111 cm³/mol. The second-order valence-electron chi connectivity index (χ2n) is 6.38. The number of aromatic amines is 1. The molecule has 6 heteroatoms. The number of hydrogen-bond donors (Lipinski definition) is 1. The van der Waals surface area contributed by atoms with E-state index in [2.05, 4.69) is 9.97 Å². The zero-order valence-electron chi connectivity index (χ0n) is 15.3. The third kappa shape index (κ3) is 3.59. The van der Waals surface area contributed by atoms with Gasteiger partial charge in [-0.15, -0.1) is 11.3 Å². The fourth-order valence-electron chi connectivity index (χ4n) is 3.12. The Bertz CT molecular complexity index is 1200. The SMILES string of the molecule is COc1cccc(CCC(=O)c2nc3scc(-c4ccccc4)c3c(=O)[nH]2)c1. The number of methoxy groups -OCH3 is 1. The van der Waals surface area contributed by atoms with E-state index in [9.17, 15) is 9.59 Å². The van der Waals surface area contributed by atoms with E-state index in [1.807, 2.05) is 60.0 Å². The molecule has 4 aromatic rings. The molecule has 0 saturated carbocycles. The van der Waals surface area contributed by atoms with Crippen molar-refractivity contribution in [2.75, 3.05) is 7.11 Å². The largest absolute Gasteiger partial charge is 0.497 e. The smallest absolute Gasteiger partial charge is 0.260 e. The lowest BCUT2D eigenvalue weighted by molar-refractivity contribution is 0.0973. The van der Waals surface area contributed by atoms with Gasteiger partial charge in [-0.1, -0.05) is 42.5 Å². The minimum atomic E-state index is -0.283. The molecule has 0 bridgehead atoms. The number of ether oxygens (including phenoxy) is 1. The van der Waals surface area contributed by atoms with Crippen LogP contribution in [0.3, 0.4) is 0 Å². The van der Waals surface area contributed by atoms with Crippen molar-refractivity contribution in [3.05, 3.63) is 81.7 Å². The Morgan fingerprint density at radius 2 is 1.96 bits per heavy atom. The van der Waals surface area contributed by atoms with Crippen molar-refractivity contribution in [1.82, 2.24) is 9.97 Å². The summed E-state index contributed by atoms with van der Waals surface area (Å²) in [6, 6.07) is 17.3. The number of aromatic nitrogens is 2. The minimum Gasteiger partial charge on any atom is -0.497 e. The first-order chi connectivity index (χ1) is 13.7. The van der Waals surface area contributed by atoms with Crippen LogP contribution in [-0.2, 0) is 6.42 Å². The molecule has 0 unspecified atom stereocenters. The van der Waals surface area contributed by atoms with Gasteiger partial charge in [-0.3, -0.25) is 9.59 Å². The highest BCUT2D eigenvalue weighted by Gasteiger charge is 2.16. The van der Waals surface area contributed by atoms with E-state index >= 15 is 0 Å². The zero-order valence-corrected chi connectivity index (χ0v) is 16.1. The molecule has 2 aromatic carbocycles. The molecule has 0 amide bonds. The fourth-order valence-corrected chi connectivity index (χ4v) is 4.06. The first-order valence-corrected chi connectivity index (χ1v) is 9.77. The van der Waals surface area contributed by atoms with Crippen molar-refractivity contribution < 1.29 is 9.53 Å². The van der Waals surface area contributed by atoms with Gasteiger partial charge < -0.3 is 9.72 Å². The van der Waals surface area contributed by atoms with Gasteiger partial charge in [0.25, 0.3) is 5.56 Å². The molecule has 0 saturated heterocycles. The number of hydrogen-bond acceptors (Lipinski definition) is 5. The van der Waals surface area contributed by atoms with E-state index in [1.54, 1.807) is 7.11 Å². The van der Waals surface area contributed by atoms with Crippen molar-refractivity contribution >= 4 is 27.3 Å². The lowest BCUT2D eigenvalue weighted by Crippen LogP contribution is -2.16. The Balaban J connectivity index is 1.59. The molecule has 5 nitrogen and oxygen atoms in total. The molecule has 2 heterocycles. The summed E-state index contributed by atoms with van der Waals surface area (Å²) in [6.45, 7) is 0. The van der Waals surface area contributed by atoms with Crippen LogP contribution in [0.4, 0.5) is 0 Å². The molecule has 140 valence electrons. The molecule has 0 aliphatic heterocycles. The van der Waals surface area contributed by atoms with E-state index < -0.39 is 0 Å². The fraction of sp³-hybridized carbons (Fsp3) is 0.136. The lowest BCUT2D eigenvalue weighted by atomic mass is 10.1. The van der Waals surface area contributed by atoms with E-state index in [4.69, 9.17) is 4.74 Å². The number of carbonyl (C=O) groups excluding carboxylic acids is 1. The Hall–Kier alpha value is -3.25. The van der Waals surface area contributed by atoms with Gasteiger partial charge in [-0.2, -0.15) is 0 Å². The molecule has 0 radical (unpaired) electrons. The maximum absolute atomic E-state index is 12.7. The van der Waals surface area contributed by atoms with Crippen LogP contribution in [0.25, 0.3) is 21.3 Å². The van der Waals surface area contributed by atoms with Crippen LogP contribution in [0.5, 0.6) is 5.75 Å². The van der Waals surface area contributed by atoms with Gasteiger partial charge in [0, 0.05) is 17.4 Å². The number of H-pyrrole nitrogens is 1. The summed E-state index contributed by atoms with van der Waals surface area (Å²) in [4.78, 5) is 32.9. The number of thiophene rings is 1. The average molecular weight is 390 g/mol. The minimum absolute atomic E-state index is 0.113. The third-order valence-corrected chi connectivity index (χ3v) is 5.44. The highest BCUT2D eigenvalue weighted by Crippen LogP contribution is 2.30. The Morgan fingerprint density at radius 3 is 2.75 bits per heavy atom. The molecule has 0 atom stereocenters. The summed E-state index contributed by atoms with van der Waals surface area (Å²) < 4.78 is 5.21. The number of aryl methyl sites for hydroxylation is 1. The second-order valence-corrected chi connectivity index (χ2v) is 7.24. The van der Waals surface area contributed by atoms with Crippen molar-refractivity contribution in [1.29, 1.82) is 0 Å². The first kappa shape index (κ1) is 18.1. The van der Waals surface area contributed by atoms with Gasteiger partial charge in [0.15, 0.2) is 11.6 Å². The summed E-state index contributed by atoms with van der Waals surface area (Å²) >= 11 is 1.37. The van der Waals surface area contributed by atoms with Gasteiger partial charge in [-0.25, -0.2) is 4.98 Å². The molecule has 2 aromatic heterocycles. The zero-order chi connectivity index (χ0) is 19.5. The van der Waals surface area contributed by atoms with Crippen LogP contribution in [0, 0.1) is 0 Å². The highest BCUT2D eigenvalue weighted by atomic mass is 32.1. The molecule has 0 spiro atoms. The predicted octanol–water partition coefficient (Wildman–Crippen LogP) is 4.48. The molecular formula is C22H18N2O3S. The van der Waals surface area contributed by atoms with Gasteiger partial charge in [0.05, 0.1) is 12.5 Å². The van der Waals surface area contributed by atoms with Crippen LogP contribution in [0.15, 0.2) is 64.8 Å². The van der Waals surface area contributed by atoms with Gasteiger partial charge in [0.1, 0.15) is 10.6 Å². The number of nitrogens with one attached hydrogen (secondary N) is 1. The normalized spacial score (nSPS) is 10.9. The Morgan fingerprint density at radius 1 is 1.14 bits per heavy atom. The quantitative estimate of drug-likeness (QED) is 0.493. The van der Waals surface area contributed by atoms with Crippen LogP contribution >= 0.6 is 11.3 Å². The summed E-state index contributed by atoms with van der Waals surface area (Å²) in [6.07, 6.45) is 0.815. The highest BCUT2D eigenvalue weighted by molar-refractivity contribution is 7.17. The Labute approximate surface area is 165 Å². The van der Waals surface area contributed by atoms with Crippen LogP contribution in [0.2, 0.25) is 0 Å². The van der Waals surface area contributed by atoms with E-state index in [0.29, 0.717) is 16.6 Å². The van der Waals surface area contributed by atoms with Gasteiger partial charge >= 0.3 is 0 Å². The summed E-state index contributed by atoms with van der Waals surface area (Å²) in [5, 5.41) is 2.44. The Kier molecular flexibility index (Phi) is 5.04. The van der Waals surface area contributed by atoms with E-state index in [-0.39, 0.29) is 23.6 Å². The molecule has 0 fully saturated rings. The van der Waals surface area contributed by atoms with Crippen molar-refractivity contribution in [2.24, 2.45) is 0 Å². The van der Waals surface area contributed by atoms with E-state index in [0.717, 1.165) is 22.4 Å². The van der Waals surface area contributed by atoms with E-state index in [1.165, 1.54) is 11.3 Å². The molecule has 28 heavy (non-hydrogen) atoms. The monoisotopic (exact) mass is 390 g/mol. The summed E-state index contributed by atoms with van der Waals surface area (Å²) in [7, 11) is 1.61. The van der Waals surface area contributed by atoms with Gasteiger partial charge in [0.2, 0.25) is 0 Å². The molecule has 1 N–H and O–H groups in total. The topological polar surface area (TPSA) is 72.0 Å². The lowest BCUT2D eigenvalue weighted by Gasteiger charge is -2.04. The standard InChI is InChI=1S/C22H18N2O3S/c1-27-16-9-5-6-14(12-16)10-11-18(25)20-23-21(26)19-17(13-28-22(19)24-20)15-7-3-2-4-8-15/h2-9,12-13H,10-11H2,1H3,(H,23,24,26). The average Bonchev–Trinajstić information content (AvgIpc) is 3.17. The number of carbonyl (C=O) groups is 1. The number of ketones is 1. The molecule has 0 aliphatic rings. The maximum atomic E-state index is 12.7. The van der Waals surface area contributed by atoms with Crippen molar-refractivity contribution in [3.63, 3.8) is 0 Å². The third-order valence-electron chi connectivity index (χ3n) is 4.57. The summed E-state index contributed by atoms with van der Waals surface area (Å²) in [5.41, 5.74) is 2.51. The van der Waals surface area contributed by atoms with Crippen molar-refractivity contribution in [2.45, 2.75) is 12.8 Å². The number of nitrogens with zero attached hydrogens (tertiary/aromatic N) is 1. The van der Waals surface area contributed by atoms with Crippen LogP contribution in [0.1, 0.15) is 22.6 Å². The summed E-state index contributed by atoms with van der Waals surface area (Å²) in [5.74, 6) is 0.684. The van der Waals surface area contributed by atoms with Gasteiger partial charge in [-0.05, 0) is 29.7 Å². The van der Waals surface area contributed by atoms with Crippen molar-refractivity contribution in [3.8, 4) is 16.9 Å². The van der Waals surface area contributed by atoms with Crippen LogP contribution < -0.4 is 10.3 Å². The first-order valence-electron chi connectivity index (χ1n) is 8.89. The number of benzene rings is 2. The molecule has 4 rings (SSSR count). The molecule has 0 aliphatic carbocycles. The number of Topliss-reactive ketones (excluding diaryl/α,β-unsaturated/α-hetero) is 1. The number of fused-ring (bicyclic) bond motifs is 1. The molecular weight excluding hydrogens is 372 g/mol. The van der Waals surface area contributed by atoms with Crippen LogP contribution in [-0.4, -0.2) is 22.9 Å².